The molecule has 2 aromatic rings. The van der Waals surface area contributed by atoms with Crippen LogP contribution in [0.15, 0.2) is 35.5 Å². The van der Waals surface area contributed by atoms with E-state index in [1.54, 1.807) is 0 Å². The van der Waals surface area contributed by atoms with Crippen molar-refractivity contribution in [3.63, 3.8) is 0 Å². The van der Waals surface area contributed by atoms with E-state index >= 15 is 0 Å². The predicted molar refractivity (Wildman–Crippen MR) is 106 cm³/mol. The maximum Gasteiger partial charge on any atom is 0.123 e. The van der Waals surface area contributed by atoms with Crippen molar-refractivity contribution < 1.29 is 4.74 Å². The standard InChI is InChI=1S/C23H25N3O/c1-2-20(3-1)26-8-6-23(7-9-26)12-17-10-16(4-5-22(17)27-23)18-11-19-13-24-15-21(19)25-14-18/h4-5,10-11,13-14,20H,1-3,6-9,12,15H2. The Kier molecular flexibility index (Phi) is 3.46. The molecule has 4 heterocycles. The van der Waals surface area contributed by atoms with Gasteiger partial charge in [-0.1, -0.05) is 12.5 Å². The van der Waals surface area contributed by atoms with E-state index in [0.717, 1.165) is 42.3 Å². The average molecular weight is 359 g/mol. The number of hydrogen-bond acceptors (Lipinski definition) is 4. The summed E-state index contributed by atoms with van der Waals surface area (Å²) in [5.41, 5.74) is 6.04. The van der Waals surface area contributed by atoms with Crippen LogP contribution in [0.5, 0.6) is 5.75 Å². The van der Waals surface area contributed by atoms with Crippen molar-refractivity contribution >= 4 is 6.21 Å². The van der Waals surface area contributed by atoms with Gasteiger partial charge in [0.05, 0.1) is 12.2 Å². The Morgan fingerprint density at radius 3 is 2.78 bits per heavy atom. The van der Waals surface area contributed by atoms with E-state index in [1.807, 2.05) is 12.4 Å². The van der Waals surface area contributed by atoms with Gasteiger partial charge in [-0.25, -0.2) is 0 Å². The van der Waals surface area contributed by atoms with Crippen LogP contribution in [0.1, 0.15) is 48.9 Å². The number of pyridine rings is 1. The number of nitrogens with zero attached hydrogens (tertiary/aromatic N) is 3. The van der Waals surface area contributed by atoms with Crippen LogP contribution < -0.4 is 4.74 Å². The summed E-state index contributed by atoms with van der Waals surface area (Å²) in [6, 6.07) is 9.73. The summed E-state index contributed by atoms with van der Waals surface area (Å²) in [7, 11) is 0. The molecule has 3 aliphatic heterocycles. The number of ether oxygens (including phenoxy) is 1. The molecule has 1 aromatic carbocycles. The van der Waals surface area contributed by atoms with Crippen LogP contribution in [0.25, 0.3) is 11.1 Å². The molecule has 4 nitrogen and oxygen atoms in total. The lowest BCUT2D eigenvalue weighted by atomic mass is 9.83. The van der Waals surface area contributed by atoms with Gasteiger partial charge in [0.1, 0.15) is 11.4 Å². The van der Waals surface area contributed by atoms with Gasteiger partial charge in [0, 0.05) is 61.9 Å². The average Bonchev–Trinajstić information content (AvgIpc) is 3.25. The van der Waals surface area contributed by atoms with Crippen molar-refractivity contribution in [2.75, 3.05) is 13.1 Å². The van der Waals surface area contributed by atoms with Gasteiger partial charge in [0.25, 0.3) is 0 Å². The van der Waals surface area contributed by atoms with Crippen LogP contribution in [0.4, 0.5) is 0 Å². The SMILES string of the molecule is C1=NCc2ncc(-c3ccc4c(c3)CC3(CCN(C5CCC5)CC3)O4)cc21. The van der Waals surface area contributed by atoms with Gasteiger partial charge < -0.3 is 9.64 Å². The van der Waals surface area contributed by atoms with Gasteiger partial charge in [-0.3, -0.25) is 9.98 Å². The smallest absolute Gasteiger partial charge is 0.123 e. The number of benzene rings is 1. The second-order valence-electron chi connectivity index (χ2n) is 8.63. The quantitative estimate of drug-likeness (QED) is 0.813. The summed E-state index contributed by atoms with van der Waals surface area (Å²) in [5, 5.41) is 0. The Labute approximate surface area is 160 Å². The van der Waals surface area contributed by atoms with Gasteiger partial charge in [-0.05, 0) is 42.2 Å². The molecular weight excluding hydrogens is 334 g/mol. The molecule has 1 saturated heterocycles. The molecule has 1 aliphatic carbocycles. The largest absolute Gasteiger partial charge is 0.487 e. The fourth-order valence-electron chi connectivity index (χ4n) is 5.08. The Balaban J connectivity index is 1.22. The first-order chi connectivity index (χ1) is 13.3. The van der Waals surface area contributed by atoms with Crippen molar-refractivity contribution in [3.8, 4) is 16.9 Å². The topological polar surface area (TPSA) is 37.7 Å². The number of likely N-dealkylation sites (tertiary alicyclic amines) is 1. The third kappa shape index (κ3) is 2.61. The Hall–Kier alpha value is -2.20. The molecule has 1 saturated carbocycles. The molecule has 6 rings (SSSR count). The first-order valence-corrected chi connectivity index (χ1v) is 10.3. The van der Waals surface area contributed by atoms with E-state index < -0.39 is 0 Å². The number of aliphatic imine (C=N–C) groups is 1. The summed E-state index contributed by atoms with van der Waals surface area (Å²) in [4.78, 5) is 11.6. The maximum absolute atomic E-state index is 6.52. The second kappa shape index (κ2) is 5.90. The van der Waals surface area contributed by atoms with Gasteiger partial charge in [0.2, 0.25) is 0 Å². The van der Waals surface area contributed by atoms with Crippen LogP contribution in [-0.4, -0.2) is 40.8 Å². The van der Waals surface area contributed by atoms with Gasteiger partial charge in [0.15, 0.2) is 0 Å². The first-order valence-electron chi connectivity index (χ1n) is 10.3. The van der Waals surface area contributed by atoms with Crippen LogP contribution in [0, 0.1) is 0 Å². The van der Waals surface area contributed by atoms with E-state index in [2.05, 4.69) is 39.1 Å². The monoisotopic (exact) mass is 359 g/mol. The van der Waals surface area contributed by atoms with Crippen molar-refractivity contribution in [3.05, 3.63) is 47.3 Å². The molecule has 0 atom stereocenters. The molecule has 0 amide bonds. The summed E-state index contributed by atoms with van der Waals surface area (Å²) >= 11 is 0. The van der Waals surface area contributed by atoms with Crippen LogP contribution in [0.2, 0.25) is 0 Å². The molecule has 1 aromatic heterocycles. The molecule has 0 bridgehead atoms. The lowest BCUT2D eigenvalue weighted by Gasteiger charge is -2.45. The van der Waals surface area contributed by atoms with E-state index in [4.69, 9.17) is 4.74 Å². The third-order valence-corrected chi connectivity index (χ3v) is 7.01. The lowest BCUT2D eigenvalue weighted by molar-refractivity contribution is -0.00746. The molecule has 1 spiro atoms. The Morgan fingerprint density at radius 2 is 1.96 bits per heavy atom. The molecule has 0 N–H and O–H groups in total. The molecule has 2 fully saturated rings. The second-order valence-corrected chi connectivity index (χ2v) is 8.63. The predicted octanol–water partition coefficient (Wildman–Crippen LogP) is 4.00. The Morgan fingerprint density at radius 1 is 1.07 bits per heavy atom. The van der Waals surface area contributed by atoms with Crippen molar-refractivity contribution in [1.29, 1.82) is 0 Å². The third-order valence-electron chi connectivity index (χ3n) is 7.01. The molecule has 4 aliphatic rings. The van der Waals surface area contributed by atoms with Crippen LogP contribution >= 0.6 is 0 Å². The zero-order valence-corrected chi connectivity index (χ0v) is 15.7. The fourth-order valence-corrected chi connectivity index (χ4v) is 5.08. The van der Waals surface area contributed by atoms with E-state index in [1.165, 1.54) is 49.0 Å². The van der Waals surface area contributed by atoms with E-state index in [9.17, 15) is 0 Å². The highest BCUT2D eigenvalue weighted by atomic mass is 16.5. The van der Waals surface area contributed by atoms with Crippen LogP contribution in [-0.2, 0) is 13.0 Å². The maximum atomic E-state index is 6.52. The highest BCUT2D eigenvalue weighted by Gasteiger charge is 2.43. The minimum Gasteiger partial charge on any atom is -0.487 e. The number of hydrogen-bond donors (Lipinski definition) is 0. The zero-order valence-electron chi connectivity index (χ0n) is 15.7. The highest BCUT2D eigenvalue weighted by molar-refractivity contribution is 5.86. The highest BCUT2D eigenvalue weighted by Crippen LogP contribution is 2.43. The molecule has 138 valence electrons. The first kappa shape index (κ1) is 15.8. The molecule has 27 heavy (non-hydrogen) atoms. The Bertz CT molecular complexity index is 923. The van der Waals surface area contributed by atoms with Crippen molar-refractivity contribution in [2.45, 2.75) is 56.7 Å². The minimum absolute atomic E-state index is 0.0318. The minimum atomic E-state index is 0.0318. The number of aromatic nitrogens is 1. The lowest BCUT2D eigenvalue weighted by Crippen LogP contribution is -2.52. The number of piperidine rings is 1. The number of rotatable bonds is 2. The fraction of sp³-hybridized carbons (Fsp3) is 0.478. The summed E-state index contributed by atoms with van der Waals surface area (Å²) < 4.78 is 6.52. The number of fused-ring (bicyclic) bond motifs is 2. The van der Waals surface area contributed by atoms with Crippen molar-refractivity contribution in [2.24, 2.45) is 4.99 Å². The molecule has 4 heteroatoms. The van der Waals surface area contributed by atoms with E-state index in [0.29, 0.717) is 6.54 Å². The summed E-state index contributed by atoms with van der Waals surface area (Å²) in [6.07, 6.45) is 11.5. The van der Waals surface area contributed by atoms with Crippen molar-refractivity contribution in [1.82, 2.24) is 9.88 Å². The summed E-state index contributed by atoms with van der Waals surface area (Å²) in [6.45, 7) is 3.10. The van der Waals surface area contributed by atoms with Gasteiger partial charge in [-0.15, -0.1) is 0 Å². The normalized spacial score (nSPS) is 23.1. The van der Waals surface area contributed by atoms with Crippen LogP contribution in [0.3, 0.4) is 0 Å². The zero-order chi connectivity index (χ0) is 17.8. The van der Waals surface area contributed by atoms with Gasteiger partial charge >= 0.3 is 0 Å². The summed E-state index contributed by atoms with van der Waals surface area (Å²) in [5.74, 6) is 1.09. The molecule has 0 radical (unpaired) electrons. The molecule has 0 unspecified atom stereocenters. The van der Waals surface area contributed by atoms with E-state index in [-0.39, 0.29) is 5.60 Å². The molecular formula is C23H25N3O. The van der Waals surface area contributed by atoms with Gasteiger partial charge in [-0.2, -0.15) is 0 Å².